The van der Waals surface area contributed by atoms with Crippen molar-refractivity contribution in [1.29, 1.82) is 0 Å². The molecule has 134 valence electrons. The number of piperidine rings is 2. The summed E-state index contributed by atoms with van der Waals surface area (Å²) >= 11 is 0. The van der Waals surface area contributed by atoms with Crippen LogP contribution < -0.4 is 10.6 Å². The second-order valence-electron chi connectivity index (χ2n) is 7.59. The third-order valence-electron chi connectivity index (χ3n) is 6.07. The minimum absolute atomic E-state index is 0. The smallest absolute Gasteiger partial charge is 0.224 e. The first-order valence-electron chi connectivity index (χ1n) is 9.54. The molecule has 4 nitrogen and oxygen atoms in total. The number of carbonyl (C=O) groups is 1. The molecule has 0 unspecified atom stereocenters. The van der Waals surface area contributed by atoms with Gasteiger partial charge in [-0.1, -0.05) is 25.7 Å². The Kier molecular flexibility index (Phi) is 7.64. The summed E-state index contributed by atoms with van der Waals surface area (Å²) in [6.45, 7) is 5.29. The Morgan fingerprint density at radius 2 is 1.74 bits per heavy atom. The maximum atomic E-state index is 12.5. The predicted octanol–water partition coefficient (Wildman–Crippen LogP) is 2.71. The van der Waals surface area contributed by atoms with Crippen LogP contribution in [0, 0.1) is 5.92 Å². The summed E-state index contributed by atoms with van der Waals surface area (Å²) in [4.78, 5) is 15.2. The van der Waals surface area contributed by atoms with Gasteiger partial charge in [0.05, 0.1) is 5.92 Å². The van der Waals surface area contributed by atoms with E-state index in [4.69, 9.17) is 0 Å². The molecule has 0 aromatic carbocycles. The summed E-state index contributed by atoms with van der Waals surface area (Å²) in [5.41, 5.74) is 0.260. The van der Waals surface area contributed by atoms with Gasteiger partial charge in [-0.15, -0.1) is 12.4 Å². The van der Waals surface area contributed by atoms with E-state index in [0.29, 0.717) is 0 Å². The minimum Gasteiger partial charge on any atom is -0.354 e. The molecule has 0 radical (unpaired) electrons. The highest BCUT2D eigenvalue weighted by Gasteiger charge is 2.39. The Balaban J connectivity index is 0.00000192. The predicted molar refractivity (Wildman–Crippen MR) is 97.1 cm³/mol. The van der Waals surface area contributed by atoms with Gasteiger partial charge in [-0.2, -0.15) is 0 Å². The van der Waals surface area contributed by atoms with Gasteiger partial charge in [-0.3, -0.25) is 9.69 Å². The van der Waals surface area contributed by atoms with E-state index in [9.17, 15) is 4.79 Å². The average Bonchev–Trinajstić information content (AvgIpc) is 2.62. The van der Waals surface area contributed by atoms with Gasteiger partial charge in [0.25, 0.3) is 0 Å². The first-order chi connectivity index (χ1) is 10.8. The van der Waals surface area contributed by atoms with Crippen molar-refractivity contribution in [3.63, 3.8) is 0 Å². The van der Waals surface area contributed by atoms with Crippen LogP contribution in [0.3, 0.4) is 0 Å². The molecule has 5 heteroatoms. The molecule has 3 rings (SSSR count). The summed E-state index contributed by atoms with van der Waals surface area (Å²) in [6.07, 6.45) is 12.8. The second kappa shape index (κ2) is 9.24. The number of amides is 1. The molecule has 1 saturated carbocycles. The third-order valence-corrected chi connectivity index (χ3v) is 6.07. The third kappa shape index (κ3) is 4.83. The molecule has 2 N–H and O–H groups in total. The van der Waals surface area contributed by atoms with E-state index in [2.05, 4.69) is 15.5 Å². The fourth-order valence-corrected chi connectivity index (χ4v) is 4.65. The Hall–Kier alpha value is -0.320. The van der Waals surface area contributed by atoms with E-state index >= 15 is 0 Å². The second-order valence-corrected chi connectivity index (χ2v) is 7.59. The monoisotopic (exact) mass is 343 g/mol. The zero-order valence-corrected chi connectivity index (χ0v) is 15.3. The van der Waals surface area contributed by atoms with E-state index in [-0.39, 0.29) is 29.8 Å². The van der Waals surface area contributed by atoms with Crippen LogP contribution in [0.15, 0.2) is 0 Å². The van der Waals surface area contributed by atoms with Crippen LogP contribution in [0.25, 0.3) is 0 Å². The molecule has 2 aliphatic heterocycles. The number of nitrogens with zero attached hydrogens (tertiary/aromatic N) is 1. The van der Waals surface area contributed by atoms with E-state index in [1.165, 1.54) is 64.5 Å². The van der Waals surface area contributed by atoms with Crippen LogP contribution in [0.4, 0.5) is 0 Å². The van der Waals surface area contributed by atoms with Crippen molar-refractivity contribution in [1.82, 2.24) is 15.5 Å². The van der Waals surface area contributed by atoms with Crippen LogP contribution in [0.2, 0.25) is 0 Å². The highest BCUT2D eigenvalue weighted by molar-refractivity contribution is 5.85. The van der Waals surface area contributed by atoms with Crippen molar-refractivity contribution in [3.05, 3.63) is 0 Å². The van der Waals surface area contributed by atoms with Crippen LogP contribution in [0.5, 0.6) is 0 Å². The zero-order valence-electron chi connectivity index (χ0n) is 14.4. The van der Waals surface area contributed by atoms with Gasteiger partial charge < -0.3 is 10.6 Å². The van der Waals surface area contributed by atoms with Crippen molar-refractivity contribution in [2.75, 3.05) is 32.7 Å². The molecule has 3 aliphatic rings. The molecule has 3 fully saturated rings. The molecule has 2 saturated heterocycles. The summed E-state index contributed by atoms with van der Waals surface area (Å²) in [5, 5.41) is 6.69. The number of likely N-dealkylation sites (tertiary alicyclic amines) is 1. The minimum atomic E-state index is 0. The number of hydrogen-bond acceptors (Lipinski definition) is 3. The first kappa shape index (κ1) is 19.0. The Labute approximate surface area is 147 Å². The summed E-state index contributed by atoms with van der Waals surface area (Å²) in [5.74, 6) is 0.477. The molecule has 1 atom stereocenters. The number of hydrogen-bond donors (Lipinski definition) is 2. The van der Waals surface area contributed by atoms with Crippen molar-refractivity contribution >= 4 is 18.3 Å². The number of nitrogens with one attached hydrogen (secondary N) is 2. The van der Waals surface area contributed by atoms with Gasteiger partial charge in [0.1, 0.15) is 0 Å². The lowest BCUT2D eigenvalue weighted by molar-refractivity contribution is -0.126. The van der Waals surface area contributed by atoms with Gasteiger partial charge in [-0.25, -0.2) is 0 Å². The SMILES string of the molecule is Cl.O=C(NCC1(N2CCCCC2)CCCCC1)[C@@H]1CCCNC1. The van der Waals surface area contributed by atoms with E-state index < -0.39 is 0 Å². The molecule has 0 bridgehead atoms. The molecule has 0 spiro atoms. The lowest BCUT2D eigenvalue weighted by Crippen LogP contribution is -2.58. The van der Waals surface area contributed by atoms with Gasteiger partial charge in [0.15, 0.2) is 0 Å². The molecule has 2 heterocycles. The van der Waals surface area contributed by atoms with Crippen molar-refractivity contribution in [3.8, 4) is 0 Å². The topological polar surface area (TPSA) is 44.4 Å². The molecule has 1 aliphatic carbocycles. The first-order valence-corrected chi connectivity index (χ1v) is 9.54. The number of carbonyl (C=O) groups excluding carboxylic acids is 1. The summed E-state index contributed by atoms with van der Waals surface area (Å²) in [6, 6.07) is 0. The van der Waals surface area contributed by atoms with Crippen molar-refractivity contribution < 1.29 is 4.79 Å². The van der Waals surface area contributed by atoms with Gasteiger partial charge in [0.2, 0.25) is 5.91 Å². The Morgan fingerprint density at radius 3 is 2.39 bits per heavy atom. The maximum absolute atomic E-state index is 12.5. The maximum Gasteiger partial charge on any atom is 0.224 e. The number of halogens is 1. The number of rotatable bonds is 4. The van der Waals surface area contributed by atoms with Crippen LogP contribution in [-0.2, 0) is 4.79 Å². The molecule has 0 aromatic rings. The lowest BCUT2D eigenvalue weighted by Gasteiger charge is -2.48. The van der Waals surface area contributed by atoms with Crippen LogP contribution in [-0.4, -0.2) is 49.1 Å². The quantitative estimate of drug-likeness (QED) is 0.825. The van der Waals surface area contributed by atoms with Crippen LogP contribution in [0.1, 0.15) is 64.2 Å². The normalized spacial score (nSPS) is 28.6. The molecular formula is C18H34ClN3O. The molecule has 1 amide bonds. The average molecular weight is 344 g/mol. The van der Waals surface area contributed by atoms with Crippen molar-refractivity contribution in [2.24, 2.45) is 5.92 Å². The summed E-state index contributed by atoms with van der Waals surface area (Å²) < 4.78 is 0. The standard InChI is InChI=1S/C18H33N3O.ClH/c22-17(16-8-7-11-19-14-16)20-15-18(9-3-1-4-10-18)21-12-5-2-6-13-21;/h16,19H,1-15H2,(H,20,22);1H/t16-;/m1./s1. The zero-order chi connectivity index (χ0) is 15.3. The highest BCUT2D eigenvalue weighted by Crippen LogP contribution is 2.35. The Morgan fingerprint density at radius 1 is 1.04 bits per heavy atom. The van der Waals surface area contributed by atoms with Gasteiger partial charge >= 0.3 is 0 Å². The Bertz CT molecular complexity index is 359. The largest absolute Gasteiger partial charge is 0.354 e. The fourth-order valence-electron chi connectivity index (χ4n) is 4.65. The van der Waals surface area contributed by atoms with E-state index in [1.807, 2.05) is 0 Å². The highest BCUT2D eigenvalue weighted by atomic mass is 35.5. The van der Waals surface area contributed by atoms with E-state index in [1.54, 1.807) is 0 Å². The molecule has 0 aromatic heterocycles. The molecule has 23 heavy (non-hydrogen) atoms. The van der Waals surface area contributed by atoms with Crippen LogP contribution >= 0.6 is 12.4 Å². The lowest BCUT2D eigenvalue weighted by atomic mass is 9.79. The van der Waals surface area contributed by atoms with Gasteiger partial charge in [-0.05, 0) is 58.2 Å². The van der Waals surface area contributed by atoms with Crippen molar-refractivity contribution in [2.45, 2.75) is 69.7 Å². The summed E-state index contributed by atoms with van der Waals surface area (Å²) in [7, 11) is 0. The van der Waals surface area contributed by atoms with E-state index in [0.717, 1.165) is 32.5 Å². The fraction of sp³-hybridized carbons (Fsp3) is 0.944. The van der Waals surface area contributed by atoms with Gasteiger partial charge in [0, 0.05) is 18.6 Å². The molecular weight excluding hydrogens is 310 g/mol.